The van der Waals surface area contributed by atoms with Gasteiger partial charge in [0.1, 0.15) is 18.2 Å². The van der Waals surface area contributed by atoms with Crippen LogP contribution in [0.2, 0.25) is 0 Å². The van der Waals surface area contributed by atoms with Gasteiger partial charge in [0, 0.05) is 12.1 Å². The highest BCUT2D eigenvalue weighted by Crippen LogP contribution is 2.25. The third-order valence-electron chi connectivity index (χ3n) is 3.11. The Hall–Kier alpha value is -0.740. The molecule has 1 saturated heterocycles. The maximum Gasteiger partial charge on any atom is 0.126 e. The van der Waals surface area contributed by atoms with E-state index in [1.807, 2.05) is 11.8 Å². The van der Waals surface area contributed by atoms with Crippen molar-refractivity contribution >= 4 is 11.8 Å². The summed E-state index contributed by atoms with van der Waals surface area (Å²) in [6.07, 6.45) is 2.33. The van der Waals surface area contributed by atoms with Crippen molar-refractivity contribution in [3.05, 3.63) is 30.1 Å². The Bertz CT molecular complexity index is 355. The van der Waals surface area contributed by atoms with Gasteiger partial charge in [0.05, 0.1) is 0 Å². The molecule has 17 heavy (non-hydrogen) atoms. The fourth-order valence-corrected chi connectivity index (χ4v) is 3.17. The molecule has 1 heterocycles. The molecule has 4 heteroatoms. The first-order chi connectivity index (χ1) is 8.25. The number of rotatable bonds is 4. The van der Waals surface area contributed by atoms with Gasteiger partial charge in [-0.15, -0.1) is 0 Å². The summed E-state index contributed by atoms with van der Waals surface area (Å²) in [5.41, 5.74) is 6.11. The standard InChI is InChI=1S/C13H18FNOS/c14-11-2-1-3-12(8-11)16-9-13(15)10-4-6-17-7-5-10/h1-3,8,10,13H,4-7,9,15H2. The first kappa shape index (κ1) is 12.7. The molecule has 2 nitrogen and oxygen atoms in total. The highest BCUT2D eigenvalue weighted by atomic mass is 32.2. The second kappa shape index (κ2) is 6.26. The Labute approximate surface area is 106 Å². The van der Waals surface area contributed by atoms with E-state index >= 15 is 0 Å². The fraction of sp³-hybridized carbons (Fsp3) is 0.538. The van der Waals surface area contributed by atoms with Crippen LogP contribution in [0.15, 0.2) is 24.3 Å². The van der Waals surface area contributed by atoms with Crippen LogP contribution in [-0.2, 0) is 0 Å². The fourth-order valence-electron chi connectivity index (χ4n) is 2.03. The summed E-state index contributed by atoms with van der Waals surface area (Å²) in [6, 6.07) is 6.26. The van der Waals surface area contributed by atoms with Crippen LogP contribution < -0.4 is 10.5 Å². The van der Waals surface area contributed by atoms with Crippen LogP contribution in [0.4, 0.5) is 4.39 Å². The van der Waals surface area contributed by atoms with Crippen molar-refractivity contribution in [2.24, 2.45) is 11.7 Å². The Morgan fingerprint density at radius 1 is 1.41 bits per heavy atom. The molecule has 1 atom stereocenters. The van der Waals surface area contributed by atoms with Gasteiger partial charge < -0.3 is 10.5 Å². The number of thioether (sulfide) groups is 1. The van der Waals surface area contributed by atoms with Crippen LogP contribution in [0, 0.1) is 11.7 Å². The van der Waals surface area contributed by atoms with Crippen LogP contribution >= 0.6 is 11.8 Å². The molecule has 1 fully saturated rings. The minimum Gasteiger partial charge on any atom is -0.492 e. The number of nitrogens with two attached hydrogens (primary N) is 1. The maximum absolute atomic E-state index is 12.9. The number of benzene rings is 1. The quantitative estimate of drug-likeness (QED) is 0.898. The molecule has 1 aromatic rings. The lowest BCUT2D eigenvalue weighted by atomic mass is 9.95. The zero-order valence-electron chi connectivity index (χ0n) is 9.77. The molecule has 1 aliphatic heterocycles. The van der Waals surface area contributed by atoms with E-state index in [0.717, 1.165) is 0 Å². The van der Waals surface area contributed by atoms with Gasteiger partial charge in [-0.1, -0.05) is 6.07 Å². The van der Waals surface area contributed by atoms with Crippen molar-refractivity contribution in [1.82, 2.24) is 0 Å². The van der Waals surface area contributed by atoms with Crippen LogP contribution in [0.1, 0.15) is 12.8 Å². The molecular formula is C13H18FNOS. The van der Waals surface area contributed by atoms with E-state index in [-0.39, 0.29) is 11.9 Å². The average Bonchev–Trinajstić information content (AvgIpc) is 2.37. The van der Waals surface area contributed by atoms with Crippen LogP contribution in [0.25, 0.3) is 0 Å². The summed E-state index contributed by atoms with van der Waals surface area (Å²) in [6.45, 7) is 0.471. The number of ether oxygens (including phenoxy) is 1. The van der Waals surface area contributed by atoms with Gasteiger partial charge in [0.25, 0.3) is 0 Å². The normalized spacial score (nSPS) is 18.9. The van der Waals surface area contributed by atoms with Crippen molar-refractivity contribution in [2.45, 2.75) is 18.9 Å². The van der Waals surface area contributed by atoms with Crippen molar-refractivity contribution in [3.63, 3.8) is 0 Å². The molecule has 2 N–H and O–H groups in total. The van der Waals surface area contributed by atoms with Gasteiger partial charge in [0.15, 0.2) is 0 Å². The topological polar surface area (TPSA) is 35.2 Å². The van der Waals surface area contributed by atoms with E-state index in [1.165, 1.54) is 36.5 Å². The third kappa shape index (κ3) is 3.89. The Morgan fingerprint density at radius 3 is 2.88 bits per heavy atom. The lowest BCUT2D eigenvalue weighted by Gasteiger charge is -2.27. The van der Waals surface area contributed by atoms with Crippen LogP contribution in [-0.4, -0.2) is 24.2 Å². The zero-order valence-corrected chi connectivity index (χ0v) is 10.6. The molecule has 1 unspecified atom stereocenters. The van der Waals surface area contributed by atoms with E-state index in [1.54, 1.807) is 12.1 Å². The van der Waals surface area contributed by atoms with Gasteiger partial charge in [-0.25, -0.2) is 4.39 Å². The molecule has 0 spiro atoms. The third-order valence-corrected chi connectivity index (χ3v) is 4.16. The smallest absolute Gasteiger partial charge is 0.126 e. The minimum atomic E-state index is -0.273. The average molecular weight is 255 g/mol. The molecular weight excluding hydrogens is 237 g/mol. The Morgan fingerprint density at radius 2 is 2.18 bits per heavy atom. The first-order valence-corrected chi connectivity index (χ1v) is 7.13. The summed E-state index contributed by atoms with van der Waals surface area (Å²) >= 11 is 1.99. The molecule has 0 amide bonds. The van der Waals surface area contributed by atoms with E-state index < -0.39 is 0 Å². The second-order valence-corrected chi connectivity index (χ2v) is 5.61. The summed E-state index contributed by atoms with van der Waals surface area (Å²) in [5, 5.41) is 0. The molecule has 0 radical (unpaired) electrons. The van der Waals surface area contributed by atoms with Gasteiger partial charge in [-0.2, -0.15) is 11.8 Å². The molecule has 1 aromatic carbocycles. The lowest BCUT2D eigenvalue weighted by Crippen LogP contribution is -2.37. The SMILES string of the molecule is NC(COc1cccc(F)c1)C1CCSCC1. The zero-order chi connectivity index (χ0) is 12.1. The lowest BCUT2D eigenvalue weighted by molar-refractivity contribution is 0.238. The van der Waals surface area contributed by atoms with E-state index in [9.17, 15) is 4.39 Å². The van der Waals surface area contributed by atoms with Gasteiger partial charge in [-0.05, 0) is 42.4 Å². The van der Waals surface area contributed by atoms with Crippen LogP contribution in [0.3, 0.4) is 0 Å². The second-order valence-electron chi connectivity index (χ2n) is 4.38. The minimum absolute atomic E-state index is 0.0548. The van der Waals surface area contributed by atoms with E-state index in [4.69, 9.17) is 10.5 Å². The molecule has 0 saturated carbocycles. The Kier molecular flexibility index (Phi) is 4.68. The molecule has 1 aliphatic rings. The predicted molar refractivity (Wildman–Crippen MR) is 69.9 cm³/mol. The van der Waals surface area contributed by atoms with Gasteiger partial charge in [0.2, 0.25) is 0 Å². The van der Waals surface area contributed by atoms with E-state index in [0.29, 0.717) is 18.3 Å². The van der Waals surface area contributed by atoms with E-state index in [2.05, 4.69) is 0 Å². The van der Waals surface area contributed by atoms with Crippen molar-refractivity contribution < 1.29 is 9.13 Å². The molecule has 0 aromatic heterocycles. The van der Waals surface area contributed by atoms with Gasteiger partial charge >= 0.3 is 0 Å². The first-order valence-electron chi connectivity index (χ1n) is 5.97. The number of halogens is 1. The summed E-state index contributed by atoms with van der Waals surface area (Å²) in [4.78, 5) is 0. The molecule has 2 rings (SSSR count). The molecule has 0 bridgehead atoms. The predicted octanol–water partition coefficient (Wildman–Crippen LogP) is 2.68. The highest BCUT2D eigenvalue weighted by Gasteiger charge is 2.21. The largest absolute Gasteiger partial charge is 0.492 e. The van der Waals surface area contributed by atoms with Crippen molar-refractivity contribution in [2.75, 3.05) is 18.1 Å². The summed E-state index contributed by atoms with van der Waals surface area (Å²) in [5.74, 6) is 3.22. The maximum atomic E-state index is 12.9. The molecule has 0 aliphatic carbocycles. The van der Waals surface area contributed by atoms with Crippen molar-refractivity contribution in [3.8, 4) is 5.75 Å². The summed E-state index contributed by atoms with van der Waals surface area (Å²) in [7, 11) is 0. The van der Waals surface area contributed by atoms with Crippen molar-refractivity contribution in [1.29, 1.82) is 0 Å². The number of hydrogen-bond acceptors (Lipinski definition) is 3. The Balaban J connectivity index is 1.80. The summed E-state index contributed by atoms with van der Waals surface area (Å²) < 4.78 is 18.5. The monoisotopic (exact) mass is 255 g/mol. The highest BCUT2D eigenvalue weighted by molar-refractivity contribution is 7.99. The number of hydrogen-bond donors (Lipinski definition) is 1. The molecule has 94 valence electrons. The van der Waals surface area contributed by atoms with Gasteiger partial charge in [-0.3, -0.25) is 0 Å². The van der Waals surface area contributed by atoms with Crippen LogP contribution in [0.5, 0.6) is 5.75 Å².